The van der Waals surface area contributed by atoms with Gasteiger partial charge in [0.15, 0.2) is 0 Å². The van der Waals surface area contributed by atoms with E-state index in [9.17, 15) is 0 Å². The zero-order valence-electron chi connectivity index (χ0n) is 9.33. The van der Waals surface area contributed by atoms with E-state index in [1.807, 2.05) is 54.6 Å². The minimum absolute atomic E-state index is 0.264. The molecule has 0 amide bonds. The summed E-state index contributed by atoms with van der Waals surface area (Å²) in [5, 5.41) is 13.5. The molecule has 0 aliphatic carbocycles. The maximum Gasteiger partial charge on any atom is 0.243 e. The average Bonchev–Trinajstić information content (AvgIpc) is 2.82. The number of fused-ring (bicyclic) bond motifs is 1. The molecule has 4 heteroatoms. The Bertz CT molecular complexity index is 728. The molecule has 2 aromatic carbocycles. The summed E-state index contributed by atoms with van der Waals surface area (Å²) in [6.07, 6.45) is 0. The van der Waals surface area contributed by atoms with Crippen LogP contribution in [0.5, 0.6) is 0 Å². The van der Waals surface area contributed by atoms with Crippen molar-refractivity contribution in [3.63, 3.8) is 0 Å². The molecule has 0 bridgehead atoms. The Balaban J connectivity index is 2.01. The number of rotatable bonds is 2. The fourth-order valence-electron chi connectivity index (χ4n) is 1.69. The summed E-state index contributed by atoms with van der Waals surface area (Å²) in [7, 11) is 0. The Hall–Kier alpha value is -2.25. The molecule has 0 spiro atoms. The van der Waals surface area contributed by atoms with Crippen molar-refractivity contribution >= 4 is 22.7 Å². The van der Waals surface area contributed by atoms with Crippen LogP contribution in [-0.2, 0) is 0 Å². The fraction of sp³-hybridized carbons (Fsp3) is 0. The molecule has 18 heavy (non-hydrogen) atoms. The van der Waals surface area contributed by atoms with E-state index in [0.717, 1.165) is 15.2 Å². The number of benzene rings is 2. The van der Waals surface area contributed by atoms with Crippen LogP contribution in [0.25, 0.3) is 10.9 Å². The van der Waals surface area contributed by atoms with Crippen LogP contribution in [0.4, 0.5) is 0 Å². The fourth-order valence-corrected chi connectivity index (χ4v) is 2.57. The minimum atomic E-state index is 0.264. The molecule has 86 valence electrons. The topological polar surface area (TPSA) is 49.8 Å². The van der Waals surface area contributed by atoms with Gasteiger partial charge < -0.3 is 4.52 Å². The molecular weight excluding hydrogens is 244 g/mol. The lowest BCUT2D eigenvalue weighted by Gasteiger charge is -2.00. The van der Waals surface area contributed by atoms with Gasteiger partial charge in [0.25, 0.3) is 0 Å². The molecule has 3 aromatic rings. The zero-order chi connectivity index (χ0) is 12.4. The highest BCUT2D eigenvalue weighted by Crippen LogP contribution is 2.30. The third-order valence-electron chi connectivity index (χ3n) is 2.53. The molecule has 0 aliphatic rings. The number of nitriles is 1. The maximum absolute atomic E-state index is 8.91. The third-order valence-corrected chi connectivity index (χ3v) is 3.53. The summed E-state index contributed by atoms with van der Waals surface area (Å²) in [5.41, 5.74) is 0.712. The smallest absolute Gasteiger partial charge is 0.243 e. The van der Waals surface area contributed by atoms with Gasteiger partial charge in [-0.3, -0.25) is 0 Å². The van der Waals surface area contributed by atoms with Crippen LogP contribution in [0.2, 0.25) is 0 Å². The monoisotopic (exact) mass is 252 g/mol. The van der Waals surface area contributed by atoms with Gasteiger partial charge in [0, 0.05) is 9.79 Å². The molecule has 0 saturated carbocycles. The van der Waals surface area contributed by atoms with Crippen molar-refractivity contribution in [2.75, 3.05) is 0 Å². The molecule has 3 nitrogen and oxygen atoms in total. The molecule has 3 rings (SSSR count). The van der Waals surface area contributed by atoms with E-state index in [4.69, 9.17) is 9.78 Å². The predicted octanol–water partition coefficient (Wildman–Crippen LogP) is 3.85. The molecule has 0 radical (unpaired) electrons. The highest BCUT2D eigenvalue weighted by molar-refractivity contribution is 7.99. The van der Waals surface area contributed by atoms with Gasteiger partial charge in [0.05, 0.1) is 5.39 Å². The quantitative estimate of drug-likeness (QED) is 0.695. The molecule has 0 atom stereocenters. The van der Waals surface area contributed by atoms with Crippen molar-refractivity contribution in [3.05, 3.63) is 54.3 Å². The second-order valence-corrected chi connectivity index (χ2v) is 4.86. The number of hydrogen-bond donors (Lipinski definition) is 0. The molecule has 1 heterocycles. The van der Waals surface area contributed by atoms with Crippen LogP contribution in [0.3, 0.4) is 0 Å². The van der Waals surface area contributed by atoms with Gasteiger partial charge in [-0.2, -0.15) is 5.26 Å². The van der Waals surface area contributed by atoms with Gasteiger partial charge in [-0.05, 0) is 30.3 Å². The van der Waals surface area contributed by atoms with Gasteiger partial charge in [-0.15, -0.1) is 0 Å². The van der Waals surface area contributed by atoms with Crippen LogP contribution in [0.1, 0.15) is 5.76 Å². The normalized spacial score (nSPS) is 10.4. The minimum Gasteiger partial charge on any atom is -0.344 e. The Kier molecular flexibility index (Phi) is 2.75. The van der Waals surface area contributed by atoms with Crippen molar-refractivity contribution in [1.29, 1.82) is 5.26 Å². The van der Waals surface area contributed by atoms with Crippen LogP contribution in [0, 0.1) is 11.3 Å². The SMILES string of the molecule is N#Cc1onc2ccc(Sc3ccccc3)cc12. The van der Waals surface area contributed by atoms with E-state index < -0.39 is 0 Å². The summed E-state index contributed by atoms with van der Waals surface area (Å²) >= 11 is 1.65. The number of nitrogens with zero attached hydrogens (tertiary/aromatic N) is 2. The van der Waals surface area contributed by atoms with E-state index in [0.29, 0.717) is 5.52 Å². The molecule has 0 aliphatic heterocycles. The summed E-state index contributed by atoms with van der Waals surface area (Å²) in [6, 6.07) is 17.9. The van der Waals surface area contributed by atoms with E-state index in [-0.39, 0.29) is 5.76 Å². The highest BCUT2D eigenvalue weighted by atomic mass is 32.2. The number of aromatic nitrogens is 1. The first kappa shape index (κ1) is 10.9. The molecule has 0 unspecified atom stereocenters. The average molecular weight is 252 g/mol. The van der Waals surface area contributed by atoms with Crippen molar-refractivity contribution in [2.45, 2.75) is 9.79 Å². The van der Waals surface area contributed by atoms with E-state index in [2.05, 4.69) is 5.16 Å². The van der Waals surface area contributed by atoms with Crippen LogP contribution < -0.4 is 0 Å². The van der Waals surface area contributed by atoms with Crippen LogP contribution in [0.15, 0.2) is 62.8 Å². The van der Waals surface area contributed by atoms with Gasteiger partial charge in [0.2, 0.25) is 5.76 Å². The van der Waals surface area contributed by atoms with E-state index >= 15 is 0 Å². The first-order valence-electron chi connectivity index (χ1n) is 5.39. The second-order valence-electron chi connectivity index (χ2n) is 3.72. The van der Waals surface area contributed by atoms with Crippen LogP contribution in [-0.4, -0.2) is 5.16 Å². The molecule has 0 saturated heterocycles. The largest absolute Gasteiger partial charge is 0.344 e. The van der Waals surface area contributed by atoms with Crippen molar-refractivity contribution in [3.8, 4) is 6.07 Å². The predicted molar refractivity (Wildman–Crippen MR) is 69.3 cm³/mol. The lowest BCUT2D eigenvalue weighted by atomic mass is 10.2. The Labute approximate surface area is 108 Å². The first-order valence-corrected chi connectivity index (χ1v) is 6.21. The third kappa shape index (κ3) is 1.96. The van der Waals surface area contributed by atoms with Gasteiger partial charge >= 0.3 is 0 Å². The molecule has 0 N–H and O–H groups in total. The van der Waals surface area contributed by atoms with Crippen molar-refractivity contribution < 1.29 is 4.52 Å². The zero-order valence-corrected chi connectivity index (χ0v) is 10.1. The lowest BCUT2D eigenvalue weighted by molar-refractivity contribution is 0.418. The first-order chi connectivity index (χ1) is 8.86. The van der Waals surface area contributed by atoms with Crippen molar-refractivity contribution in [1.82, 2.24) is 5.16 Å². The molecule has 1 aromatic heterocycles. The van der Waals surface area contributed by atoms with Gasteiger partial charge in [-0.1, -0.05) is 35.1 Å². The lowest BCUT2D eigenvalue weighted by Crippen LogP contribution is -1.75. The summed E-state index contributed by atoms with van der Waals surface area (Å²) < 4.78 is 4.95. The van der Waals surface area contributed by atoms with E-state index in [1.54, 1.807) is 11.8 Å². The Morgan fingerprint density at radius 3 is 2.67 bits per heavy atom. The highest BCUT2D eigenvalue weighted by Gasteiger charge is 2.08. The second kappa shape index (κ2) is 4.55. The van der Waals surface area contributed by atoms with Crippen molar-refractivity contribution in [2.24, 2.45) is 0 Å². The van der Waals surface area contributed by atoms with E-state index in [1.165, 1.54) is 0 Å². The van der Waals surface area contributed by atoms with Crippen LogP contribution >= 0.6 is 11.8 Å². The summed E-state index contributed by atoms with van der Waals surface area (Å²) in [6.45, 7) is 0. The standard InChI is InChI=1S/C14H8N2OS/c15-9-14-12-8-11(6-7-13(12)16-17-14)18-10-4-2-1-3-5-10/h1-8H. The maximum atomic E-state index is 8.91. The number of hydrogen-bond acceptors (Lipinski definition) is 4. The summed E-state index contributed by atoms with van der Waals surface area (Å²) in [4.78, 5) is 2.22. The molecule has 0 fully saturated rings. The Morgan fingerprint density at radius 1 is 1.06 bits per heavy atom. The van der Waals surface area contributed by atoms with Gasteiger partial charge in [0.1, 0.15) is 11.6 Å². The molecular formula is C14H8N2OS. The van der Waals surface area contributed by atoms with Gasteiger partial charge in [-0.25, -0.2) is 0 Å². The summed E-state index contributed by atoms with van der Waals surface area (Å²) in [5.74, 6) is 0.264. The Morgan fingerprint density at radius 2 is 1.89 bits per heavy atom.